The smallest absolute Gasteiger partial charge is 0.111 e. The fourth-order valence-electron chi connectivity index (χ4n) is 3.18. The third-order valence-electron chi connectivity index (χ3n) is 4.02. The van der Waals surface area contributed by atoms with Crippen LogP contribution in [-0.4, -0.2) is 27.6 Å². The zero-order chi connectivity index (χ0) is 14.2. The van der Waals surface area contributed by atoms with Crippen LogP contribution in [-0.2, 0) is 11.2 Å². The second-order valence-corrected chi connectivity index (χ2v) is 6.46. The van der Waals surface area contributed by atoms with E-state index in [2.05, 4.69) is 36.6 Å². The van der Waals surface area contributed by atoms with Crippen LogP contribution in [0.3, 0.4) is 0 Å². The number of hydrogen-bond donors (Lipinski definition) is 0. The lowest BCUT2D eigenvalue weighted by molar-refractivity contribution is -0.0688. The number of para-hydroxylation sites is 2. The monoisotopic (exact) mass is 292 g/mol. The molecule has 3 rings (SSSR count). The fourth-order valence-corrected chi connectivity index (χ4v) is 3.35. The lowest BCUT2D eigenvalue weighted by atomic mass is 9.93. The number of aromatic nitrogens is 2. The number of nitrogens with zero attached hydrogens (tertiary/aromatic N) is 2. The predicted octanol–water partition coefficient (Wildman–Crippen LogP) is 3.95. The Morgan fingerprint density at radius 3 is 2.95 bits per heavy atom. The van der Waals surface area contributed by atoms with Crippen molar-refractivity contribution in [2.24, 2.45) is 0 Å². The maximum absolute atomic E-state index is 5.95. The fraction of sp³-hybridized carbons (Fsp3) is 0.562. The van der Waals surface area contributed by atoms with Gasteiger partial charge in [0.2, 0.25) is 0 Å². The van der Waals surface area contributed by atoms with Crippen LogP contribution in [0.1, 0.15) is 38.6 Å². The maximum Gasteiger partial charge on any atom is 0.111 e. The number of alkyl halides is 1. The summed E-state index contributed by atoms with van der Waals surface area (Å²) in [6.45, 7) is 5.14. The Morgan fingerprint density at radius 2 is 2.20 bits per heavy atom. The zero-order valence-electron chi connectivity index (χ0n) is 12.1. The topological polar surface area (TPSA) is 27.1 Å². The van der Waals surface area contributed by atoms with Gasteiger partial charge in [-0.25, -0.2) is 4.98 Å². The molecule has 0 saturated carbocycles. The first-order valence-corrected chi connectivity index (χ1v) is 7.80. The molecule has 0 N–H and O–H groups in total. The van der Waals surface area contributed by atoms with Crippen LogP contribution in [0.2, 0.25) is 0 Å². The van der Waals surface area contributed by atoms with Gasteiger partial charge in [0.15, 0.2) is 0 Å². The van der Waals surface area contributed by atoms with Crippen LogP contribution >= 0.6 is 11.6 Å². The van der Waals surface area contributed by atoms with E-state index in [0.29, 0.717) is 11.9 Å². The summed E-state index contributed by atoms with van der Waals surface area (Å²) < 4.78 is 8.24. The number of rotatable bonds is 3. The van der Waals surface area contributed by atoms with Crippen molar-refractivity contribution in [1.82, 2.24) is 9.55 Å². The quantitative estimate of drug-likeness (QED) is 0.801. The van der Waals surface area contributed by atoms with Gasteiger partial charge in [-0.2, -0.15) is 0 Å². The van der Waals surface area contributed by atoms with E-state index in [1.807, 2.05) is 6.07 Å². The lowest BCUT2D eigenvalue weighted by Gasteiger charge is -2.37. The van der Waals surface area contributed by atoms with Gasteiger partial charge in [0.1, 0.15) is 5.82 Å². The molecule has 1 aromatic heterocycles. The molecule has 1 saturated heterocycles. The molecule has 1 aromatic carbocycles. The molecule has 0 bridgehead atoms. The van der Waals surface area contributed by atoms with Crippen molar-refractivity contribution < 1.29 is 4.74 Å². The van der Waals surface area contributed by atoms with E-state index in [0.717, 1.165) is 37.2 Å². The van der Waals surface area contributed by atoms with Crippen LogP contribution in [0, 0.1) is 0 Å². The van der Waals surface area contributed by atoms with E-state index < -0.39 is 0 Å². The first-order valence-electron chi connectivity index (χ1n) is 7.26. The summed E-state index contributed by atoms with van der Waals surface area (Å²) in [5, 5.41) is 0. The highest BCUT2D eigenvalue weighted by molar-refractivity contribution is 6.17. The average molecular weight is 293 g/mol. The average Bonchev–Trinajstić information content (AvgIpc) is 2.76. The Kier molecular flexibility index (Phi) is 3.74. The molecule has 2 heterocycles. The van der Waals surface area contributed by atoms with Gasteiger partial charge in [-0.1, -0.05) is 12.1 Å². The third-order valence-corrected chi connectivity index (χ3v) is 4.21. The third kappa shape index (κ3) is 2.57. The molecule has 0 amide bonds. The minimum atomic E-state index is -0.0630. The molecule has 1 aliphatic heterocycles. The number of aryl methyl sites for hydroxylation is 1. The number of hydrogen-bond acceptors (Lipinski definition) is 2. The number of imidazole rings is 1. The predicted molar refractivity (Wildman–Crippen MR) is 82.5 cm³/mol. The SMILES string of the molecule is CC1(C)CC(n2c(CCCl)nc3ccccc32)CCO1. The first kappa shape index (κ1) is 13.9. The number of benzene rings is 1. The van der Waals surface area contributed by atoms with Crippen molar-refractivity contribution in [3.8, 4) is 0 Å². The summed E-state index contributed by atoms with van der Waals surface area (Å²) in [7, 11) is 0. The van der Waals surface area contributed by atoms with Gasteiger partial charge < -0.3 is 9.30 Å². The molecule has 0 spiro atoms. The molecule has 0 radical (unpaired) electrons. The second-order valence-electron chi connectivity index (χ2n) is 6.08. The van der Waals surface area contributed by atoms with Crippen molar-refractivity contribution in [2.75, 3.05) is 12.5 Å². The molecule has 2 aromatic rings. The van der Waals surface area contributed by atoms with E-state index in [9.17, 15) is 0 Å². The lowest BCUT2D eigenvalue weighted by Crippen LogP contribution is -2.35. The van der Waals surface area contributed by atoms with Crippen LogP contribution in [0.5, 0.6) is 0 Å². The maximum atomic E-state index is 5.95. The van der Waals surface area contributed by atoms with Crippen molar-refractivity contribution in [2.45, 2.75) is 44.8 Å². The molecule has 3 nitrogen and oxygen atoms in total. The van der Waals surface area contributed by atoms with Crippen LogP contribution in [0.15, 0.2) is 24.3 Å². The molecule has 1 atom stereocenters. The van der Waals surface area contributed by atoms with Gasteiger partial charge in [0.25, 0.3) is 0 Å². The van der Waals surface area contributed by atoms with Crippen molar-refractivity contribution in [1.29, 1.82) is 0 Å². The summed E-state index contributed by atoms with van der Waals surface area (Å²) in [5.74, 6) is 1.71. The summed E-state index contributed by atoms with van der Waals surface area (Å²) in [6, 6.07) is 8.80. The van der Waals surface area contributed by atoms with Gasteiger partial charge in [0, 0.05) is 24.9 Å². The molecular weight excluding hydrogens is 272 g/mol. The van der Waals surface area contributed by atoms with E-state index in [1.54, 1.807) is 0 Å². The Morgan fingerprint density at radius 1 is 1.40 bits per heavy atom. The van der Waals surface area contributed by atoms with Crippen LogP contribution in [0.25, 0.3) is 11.0 Å². The van der Waals surface area contributed by atoms with Gasteiger partial charge in [-0.05, 0) is 38.8 Å². The number of halogens is 1. The van der Waals surface area contributed by atoms with Crippen molar-refractivity contribution in [3.05, 3.63) is 30.1 Å². The normalized spacial score (nSPS) is 22.2. The minimum Gasteiger partial charge on any atom is -0.375 e. The molecule has 1 fully saturated rings. The largest absolute Gasteiger partial charge is 0.375 e. The van der Waals surface area contributed by atoms with E-state index in [1.165, 1.54) is 5.52 Å². The molecule has 4 heteroatoms. The van der Waals surface area contributed by atoms with Crippen molar-refractivity contribution in [3.63, 3.8) is 0 Å². The zero-order valence-corrected chi connectivity index (χ0v) is 12.9. The second kappa shape index (κ2) is 5.38. The summed E-state index contributed by atoms with van der Waals surface area (Å²) in [4.78, 5) is 4.76. The number of ether oxygens (including phenoxy) is 1. The first-order chi connectivity index (χ1) is 9.61. The van der Waals surface area contributed by atoms with E-state index in [4.69, 9.17) is 21.3 Å². The Hall–Kier alpha value is -1.06. The molecule has 0 aliphatic carbocycles. The van der Waals surface area contributed by atoms with Crippen molar-refractivity contribution >= 4 is 22.6 Å². The summed E-state index contributed by atoms with van der Waals surface area (Å²) in [6.07, 6.45) is 2.87. The van der Waals surface area contributed by atoms with Gasteiger partial charge in [-0.3, -0.25) is 0 Å². The van der Waals surface area contributed by atoms with Crippen LogP contribution < -0.4 is 0 Å². The van der Waals surface area contributed by atoms with Crippen LogP contribution in [0.4, 0.5) is 0 Å². The Balaban J connectivity index is 2.06. The van der Waals surface area contributed by atoms with Gasteiger partial charge in [0.05, 0.1) is 16.6 Å². The Bertz CT molecular complexity index is 606. The molecule has 108 valence electrons. The van der Waals surface area contributed by atoms with E-state index >= 15 is 0 Å². The summed E-state index contributed by atoms with van der Waals surface area (Å²) in [5.41, 5.74) is 2.22. The van der Waals surface area contributed by atoms with Gasteiger partial charge >= 0.3 is 0 Å². The highest BCUT2D eigenvalue weighted by Crippen LogP contribution is 2.35. The molecule has 1 aliphatic rings. The standard InChI is InChI=1S/C16H21ClN2O/c1-16(2)11-12(8-10-20-16)19-14-6-4-3-5-13(14)18-15(19)7-9-17/h3-6,12H,7-11H2,1-2H3. The summed E-state index contributed by atoms with van der Waals surface area (Å²) >= 11 is 5.95. The molecular formula is C16H21ClN2O. The highest BCUT2D eigenvalue weighted by Gasteiger charge is 2.31. The van der Waals surface area contributed by atoms with E-state index in [-0.39, 0.29) is 5.60 Å². The minimum absolute atomic E-state index is 0.0630. The number of fused-ring (bicyclic) bond motifs is 1. The molecule has 20 heavy (non-hydrogen) atoms. The van der Waals surface area contributed by atoms with Gasteiger partial charge in [-0.15, -0.1) is 11.6 Å². The Labute approximate surface area is 124 Å². The molecule has 1 unspecified atom stereocenters. The highest BCUT2D eigenvalue weighted by atomic mass is 35.5.